The first-order chi connectivity index (χ1) is 9.11. The van der Waals surface area contributed by atoms with Crippen LogP contribution in [0.3, 0.4) is 0 Å². The zero-order valence-electron chi connectivity index (χ0n) is 11.5. The first kappa shape index (κ1) is 14.1. The molecule has 19 heavy (non-hydrogen) atoms. The fourth-order valence-corrected chi connectivity index (χ4v) is 2.70. The molecular weight excluding hydrogens is 254 g/mol. The first-order valence-electron chi connectivity index (χ1n) is 6.62. The van der Waals surface area contributed by atoms with Crippen molar-refractivity contribution in [3.05, 3.63) is 69.7 Å². The van der Waals surface area contributed by atoms with E-state index in [1.54, 1.807) is 0 Å². The van der Waals surface area contributed by atoms with Gasteiger partial charge in [-0.25, -0.2) is 0 Å². The quantitative estimate of drug-likeness (QED) is 0.886. The van der Waals surface area contributed by atoms with Crippen molar-refractivity contribution in [3.63, 3.8) is 0 Å². The standard InChI is InChI=1S/C17H20ClN/c1-12-7-8-13(2)14(9-12)10-15(11-19)16-5-3-4-6-17(16)18/h3-9,15H,10-11,19H2,1-2H3. The van der Waals surface area contributed by atoms with Crippen molar-refractivity contribution in [2.24, 2.45) is 5.73 Å². The van der Waals surface area contributed by atoms with Crippen molar-refractivity contribution in [2.75, 3.05) is 6.54 Å². The summed E-state index contributed by atoms with van der Waals surface area (Å²) in [5.74, 6) is 0.272. The van der Waals surface area contributed by atoms with E-state index in [1.165, 1.54) is 16.7 Å². The van der Waals surface area contributed by atoms with Crippen molar-refractivity contribution in [2.45, 2.75) is 26.2 Å². The van der Waals surface area contributed by atoms with Crippen LogP contribution in [-0.2, 0) is 6.42 Å². The van der Waals surface area contributed by atoms with E-state index in [0.717, 1.165) is 17.0 Å². The van der Waals surface area contributed by atoms with Crippen molar-refractivity contribution in [1.29, 1.82) is 0 Å². The Morgan fingerprint density at radius 1 is 1.11 bits per heavy atom. The van der Waals surface area contributed by atoms with E-state index in [1.807, 2.05) is 18.2 Å². The molecule has 0 saturated carbocycles. The van der Waals surface area contributed by atoms with E-state index in [2.05, 4.69) is 38.1 Å². The van der Waals surface area contributed by atoms with E-state index >= 15 is 0 Å². The SMILES string of the molecule is Cc1ccc(C)c(CC(CN)c2ccccc2Cl)c1. The van der Waals surface area contributed by atoms with Gasteiger partial charge in [-0.05, 0) is 49.6 Å². The van der Waals surface area contributed by atoms with Gasteiger partial charge >= 0.3 is 0 Å². The fraction of sp³-hybridized carbons (Fsp3) is 0.294. The van der Waals surface area contributed by atoms with Gasteiger partial charge < -0.3 is 5.73 Å². The molecule has 2 aromatic carbocycles. The second-order valence-electron chi connectivity index (χ2n) is 5.09. The highest BCUT2D eigenvalue weighted by atomic mass is 35.5. The van der Waals surface area contributed by atoms with E-state index < -0.39 is 0 Å². The van der Waals surface area contributed by atoms with E-state index in [0.29, 0.717) is 6.54 Å². The Balaban J connectivity index is 2.29. The van der Waals surface area contributed by atoms with E-state index in [-0.39, 0.29) is 5.92 Å². The van der Waals surface area contributed by atoms with Crippen LogP contribution in [0.5, 0.6) is 0 Å². The maximum atomic E-state index is 6.28. The molecule has 0 spiro atoms. The zero-order chi connectivity index (χ0) is 13.8. The van der Waals surface area contributed by atoms with Crippen molar-refractivity contribution < 1.29 is 0 Å². The van der Waals surface area contributed by atoms with Crippen LogP contribution in [0.25, 0.3) is 0 Å². The molecule has 100 valence electrons. The average molecular weight is 274 g/mol. The van der Waals surface area contributed by atoms with Crippen LogP contribution in [0.15, 0.2) is 42.5 Å². The average Bonchev–Trinajstić information content (AvgIpc) is 2.41. The van der Waals surface area contributed by atoms with Crippen LogP contribution in [-0.4, -0.2) is 6.54 Å². The first-order valence-corrected chi connectivity index (χ1v) is 7.00. The normalized spacial score (nSPS) is 12.4. The number of hydrogen-bond acceptors (Lipinski definition) is 1. The van der Waals surface area contributed by atoms with Crippen LogP contribution >= 0.6 is 11.6 Å². The van der Waals surface area contributed by atoms with Gasteiger partial charge in [0.05, 0.1) is 0 Å². The van der Waals surface area contributed by atoms with Crippen LogP contribution in [0.2, 0.25) is 5.02 Å². The second-order valence-corrected chi connectivity index (χ2v) is 5.50. The lowest BCUT2D eigenvalue weighted by molar-refractivity contribution is 0.692. The summed E-state index contributed by atoms with van der Waals surface area (Å²) in [6.45, 7) is 4.88. The Morgan fingerprint density at radius 2 is 1.84 bits per heavy atom. The van der Waals surface area contributed by atoms with E-state index in [9.17, 15) is 0 Å². The third-order valence-corrected chi connectivity index (χ3v) is 3.94. The molecule has 0 amide bonds. The number of aryl methyl sites for hydroxylation is 2. The minimum atomic E-state index is 0.272. The summed E-state index contributed by atoms with van der Waals surface area (Å²) >= 11 is 6.28. The summed E-state index contributed by atoms with van der Waals surface area (Å²) < 4.78 is 0. The predicted molar refractivity (Wildman–Crippen MR) is 82.9 cm³/mol. The van der Waals surface area contributed by atoms with Crippen LogP contribution in [0.4, 0.5) is 0 Å². The summed E-state index contributed by atoms with van der Waals surface area (Å²) in [5.41, 5.74) is 11.1. The second kappa shape index (κ2) is 6.23. The lowest BCUT2D eigenvalue weighted by Gasteiger charge is -2.18. The molecule has 2 N–H and O–H groups in total. The largest absolute Gasteiger partial charge is 0.330 e. The predicted octanol–water partition coefficient (Wildman–Crippen LogP) is 4.24. The Bertz CT molecular complexity index is 563. The maximum absolute atomic E-state index is 6.28. The third kappa shape index (κ3) is 3.37. The smallest absolute Gasteiger partial charge is 0.0441 e. The molecule has 0 bridgehead atoms. The van der Waals surface area contributed by atoms with Gasteiger partial charge in [0.1, 0.15) is 0 Å². The molecule has 1 atom stereocenters. The molecule has 2 aromatic rings. The molecule has 2 heteroatoms. The van der Waals surface area contributed by atoms with Gasteiger partial charge in [-0.2, -0.15) is 0 Å². The molecule has 2 rings (SSSR count). The zero-order valence-corrected chi connectivity index (χ0v) is 12.2. The fourth-order valence-electron chi connectivity index (χ4n) is 2.41. The number of hydrogen-bond donors (Lipinski definition) is 1. The molecule has 0 aliphatic carbocycles. The van der Waals surface area contributed by atoms with Gasteiger partial charge in [0.2, 0.25) is 0 Å². The molecule has 0 saturated heterocycles. The molecular formula is C17H20ClN. The van der Waals surface area contributed by atoms with Gasteiger partial charge in [0.15, 0.2) is 0 Å². The Morgan fingerprint density at radius 3 is 2.53 bits per heavy atom. The number of rotatable bonds is 4. The summed E-state index contributed by atoms with van der Waals surface area (Å²) in [4.78, 5) is 0. The summed E-state index contributed by atoms with van der Waals surface area (Å²) in [5, 5.41) is 0.809. The van der Waals surface area contributed by atoms with Gasteiger partial charge in [0.25, 0.3) is 0 Å². The maximum Gasteiger partial charge on any atom is 0.0441 e. The van der Waals surface area contributed by atoms with Crippen LogP contribution in [0.1, 0.15) is 28.2 Å². The Labute approximate surface area is 120 Å². The molecule has 0 aliphatic heterocycles. The number of nitrogens with two attached hydrogens (primary N) is 1. The van der Waals surface area contributed by atoms with Crippen molar-refractivity contribution in [3.8, 4) is 0 Å². The number of benzene rings is 2. The summed E-state index contributed by atoms with van der Waals surface area (Å²) in [7, 11) is 0. The molecule has 0 fully saturated rings. The van der Waals surface area contributed by atoms with Crippen LogP contribution < -0.4 is 5.73 Å². The van der Waals surface area contributed by atoms with Crippen molar-refractivity contribution in [1.82, 2.24) is 0 Å². The van der Waals surface area contributed by atoms with Gasteiger partial charge in [0, 0.05) is 10.9 Å². The topological polar surface area (TPSA) is 26.0 Å². The lowest BCUT2D eigenvalue weighted by Crippen LogP contribution is -2.16. The Hall–Kier alpha value is -1.31. The highest BCUT2D eigenvalue weighted by Gasteiger charge is 2.14. The molecule has 1 nitrogen and oxygen atoms in total. The molecule has 0 heterocycles. The highest BCUT2D eigenvalue weighted by molar-refractivity contribution is 6.31. The molecule has 1 unspecified atom stereocenters. The van der Waals surface area contributed by atoms with Gasteiger partial charge in [-0.15, -0.1) is 0 Å². The van der Waals surface area contributed by atoms with Crippen LogP contribution in [0, 0.1) is 13.8 Å². The van der Waals surface area contributed by atoms with Gasteiger partial charge in [-0.1, -0.05) is 53.6 Å². The molecule has 0 aromatic heterocycles. The minimum absolute atomic E-state index is 0.272. The van der Waals surface area contributed by atoms with Gasteiger partial charge in [-0.3, -0.25) is 0 Å². The highest BCUT2D eigenvalue weighted by Crippen LogP contribution is 2.28. The summed E-state index contributed by atoms with van der Waals surface area (Å²) in [6, 6.07) is 14.5. The summed E-state index contributed by atoms with van der Waals surface area (Å²) in [6.07, 6.45) is 0.938. The monoisotopic (exact) mass is 273 g/mol. The minimum Gasteiger partial charge on any atom is -0.330 e. The van der Waals surface area contributed by atoms with Crippen molar-refractivity contribution >= 4 is 11.6 Å². The van der Waals surface area contributed by atoms with E-state index in [4.69, 9.17) is 17.3 Å². The Kier molecular flexibility index (Phi) is 4.62. The molecule has 0 aliphatic rings. The number of halogens is 1. The lowest BCUT2D eigenvalue weighted by atomic mass is 9.89. The third-order valence-electron chi connectivity index (χ3n) is 3.60. The molecule has 0 radical (unpaired) electrons.